The van der Waals surface area contributed by atoms with Crippen LogP contribution in [-0.2, 0) is 0 Å². The third-order valence-electron chi connectivity index (χ3n) is 3.28. The topological polar surface area (TPSA) is 41.0 Å². The van der Waals surface area contributed by atoms with Crippen LogP contribution in [0.25, 0.3) is 10.8 Å². The smallest absolute Gasteiger partial charge is 0.159 e. The van der Waals surface area contributed by atoms with E-state index in [-0.39, 0.29) is 0 Å². The Balaban J connectivity index is 2.44. The quantitative estimate of drug-likeness (QED) is 0.863. The Hall–Kier alpha value is -1.68. The van der Waals surface area contributed by atoms with Crippen molar-refractivity contribution in [2.75, 3.05) is 31.6 Å². The molecule has 1 aromatic carbocycles. The zero-order valence-electron chi connectivity index (χ0n) is 12.0. The van der Waals surface area contributed by atoms with Crippen molar-refractivity contribution in [3.05, 3.63) is 30.0 Å². The van der Waals surface area contributed by atoms with Crippen LogP contribution in [0.2, 0.25) is 0 Å². The van der Waals surface area contributed by atoms with Gasteiger partial charge in [-0.1, -0.05) is 31.2 Å². The lowest BCUT2D eigenvalue weighted by atomic mass is 10.1. The van der Waals surface area contributed by atoms with Crippen LogP contribution in [0.5, 0.6) is 0 Å². The molecule has 0 unspecified atom stereocenters. The molecule has 1 N–H and O–H groups in total. The fraction of sp³-hybridized carbons (Fsp3) is 0.467. The van der Waals surface area contributed by atoms with Crippen molar-refractivity contribution < 1.29 is 0 Å². The van der Waals surface area contributed by atoms with Crippen molar-refractivity contribution in [3.8, 4) is 0 Å². The minimum atomic E-state index is 0.948. The van der Waals surface area contributed by atoms with Crippen LogP contribution in [0.15, 0.2) is 24.3 Å². The van der Waals surface area contributed by atoms with E-state index in [1.807, 2.05) is 14.0 Å². The molecule has 2 rings (SSSR count). The molecule has 19 heavy (non-hydrogen) atoms. The van der Waals surface area contributed by atoms with Gasteiger partial charge < -0.3 is 10.2 Å². The van der Waals surface area contributed by atoms with Crippen molar-refractivity contribution in [2.45, 2.75) is 20.3 Å². The van der Waals surface area contributed by atoms with Crippen LogP contribution in [0, 0.1) is 6.92 Å². The zero-order chi connectivity index (χ0) is 13.7. The van der Waals surface area contributed by atoms with Crippen LogP contribution < -0.4 is 10.2 Å². The first-order valence-electron chi connectivity index (χ1n) is 6.89. The average molecular weight is 258 g/mol. The Morgan fingerprint density at radius 2 is 1.84 bits per heavy atom. The van der Waals surface area contributed by atoms with Gasteiger partial charge in [-0.25, -0.2) is 0 Å². The van der Waals surface area contributed by atoms with Gasteiger partial charge in [0.05, 0.1) is 5.69 Å². The molecule has 1 heterocycles. The number of anilines is 1. The SMILES string of the molecule is CCCN(CCNC)c1nnc(C)c2ccccc12. The summed E-state index contributed by atoms with van der Waals surface area (Å²) >= 11 is 0. The number of rotatable bonds is 6. The number of nitrogens with zero attached hydrogens (tertiary/aromatic N) is 3. The number of likely N-dealkylation sites (N-methyl/N-ethyl adjacent to an activating group) is 1. The Morgan fingerprint density at radius 3 is 2.53 bits per heavy atom. The molecule has 0 aliphatic heterocycles. The van der Waals surface area contributed by atoms with E-state index in [0.29, 0.717) is 0 Å². The Bertz CT molecular complexity index is 539. The first-order chi connectivity index (χ1) is 9.27. The molecule has 102 valence electrons. The molecule has 0 aliphatic carbocycles. The van der Waals surface area contributed by atoms with Gasteiger partial charge in [-0.15, -0.1) is 5.10 Å². The first kappa shape index (κ1) is 13.7. The van der Waals surface area contributed by atoms with Crippen LogP contribution in [0.4, 0.5) is 5.82 Å². The number of nitrogens with one attached hydrogen (secondary N) is 1. The lowest BCUT2D eigenvalue weighted by molar-refractivity contribution is 0.699. The lowest BCUT2D eigenvalue weighted by Crippen LogP contribution is -2.32. The van der Waals surface area contributed by atoms with Gasteiger partial charge in [-0.3, -0.25) is 0 Å². The Kier molecular flexibility index (Phi) is 4.68. The van der Waals surface area contributed by atoms with Gasteiger partial charge >= 0.3 is 0 Å². The molecule has 0 radical (unpaired) electrons. The molecule has 0 saturated carbocycles. The molecule has 0 bridgehead atoms. The van der Waals surface area contributed by atoms with Gasteiger partial charge in [0.2, 0.25) is 0 Å². The number of hydrogen-bond acceptors (Lipinski definition) is 4. The van der Waals surface area contributed by atoms with Crippen molar-refractivity contribution >= 4 is 16.6 Å². The summed E-state index contributed by atoms with van der Waals surface area (Å²) in [6.45, 7) is 7.10. The number of aromatic nitrogens is 2. The second-order valence-electron chi connectivity index (χ2n) is 4.75. The highest BCUT2D eigenvalue weighted by Crippen LogP contribution is 2.25. The zero-order valence-corrected chi connectivity index (χ0v) is 12.0. The second-order valence-corrected chi connectivity index (χ2v) is 4.75. The lowest BCUT2D eigenvalue weighted by Gasteiger charge is -2.24. The summed E-state index contributed by atoms with van der Waals surface area (Å²) in [7, 11) is 1.98. The monoisotopic (exact) mass is 258 g/mol. The molecule has 1 aromatic heterocycles. The molecule has 4 heteroatoms. The first-order valence-corrected chi connectivity index (χ1v) is 6.89. The summed E-state index contributed by atoms with van der Waals surface area (Å²) in [6.07, 6.45) is 1.10. The molecular weight excluding hydrogens is 236 g/mol. The van der Waals surface area contributed by atoms with Crippen molar-refractivity contribution in [1.29, 1.82) is 0 Å². The maximum absolute atomic E-state index is 4.43. The van der Waals surface area contributed by atoms with E-state index >= 15 is 0 Å². The largest absolute Gasteiger partial charge is 0.353 e. The van der Waals surface area contributed by atoms with E-state index in [1.165, 1.54) is 10.8 Å². The summed E-state index contributed by atoms with van der Waals surface area (Å²) in [5.41, 5.74) is 0.990. The fourth-order valence-electron chi connectivity index (χ4n) is 2.30. The summed E-state index contributed by atoms with van der Waals surface area (Å²) < 4.78 is 0. The normalized spacial score (nSPS) is 10.9. The van der Waals surface area contributed by atoms with E-state index in [4.69, 9.17) is 0 Å². The van der Waals surface area contributed by atoms with Gasteiger partial charge in [0.25, 0.3) is 0 Å². The predicted molar refractivity (Wildman–Crippen MR) is 80.7 cm³/mol. The number of fused-ring (bicyclic) bond motifs is 1. The maximum atomic E-state index is 4.43. The fourth-order valence-corrected chi connectivity index (χ4v) is 2.30. The highest BCUT2D eigenvalue weighted by atomic mass is 15.3. The van der Waals surface area contributed by atoms with Gasteiger partial charge in [0, 0.05) is 30.4 Å². The van der Waals surface area contributed by atoms with Gasteiger partial charge in [0.1, 0.15) is 0 Å². The molecule has 0 aliphatic rings. The summed E-state index contributed by atoms with van der Waals surface area (Å²) in [5.74, 6) is 0.998. The van der Waals surface area contributed by atoms with Crippen LogP contribution >= 0.6 is 0 Å². The predicted octanol–water partition coefficient (Wildman–Crippen LogP) is 2.37. The van der Waals surface area contributed by atoms with Crippen LogP contribution in [0.3, 0.4) is 0 Å². The molecule has 4 nitrogen and oxygen atoms in total. The van der Waals surface area contributed by atoms with Crippen LogP contribution in [0.1, 0.15) is 19.0 Å². The second kappa shape index (κ2) is 6.48. The third kappa shape index (κ3) is 3.01. The average Bonchev–Trinajstić information content (AvgIpc) is 2.45. The van der Waals surface area contributed by atoms with E-state index in [9.17, 15) is 0 Å². The van der Waals surface area contributed by atoms with E-state index < -0.39 is 0 Å². The van der Waals surface area contributed by atoms with Crippen molar-refractivity contribution in [2.24, 2.45) is 0 Å². The standard InChI is InChI=1S/C15H22N4/c1-4-10-19(11-9-16-3)15-14-8-6-5-7-13(14)12(2)17-18-15/h5-8,16H,4,9-11H2,1-3H3. The third-order valence-corrected chi connectivity index (χ3v) is 3.28. The molecular formula is C15H22N4. The van der Waals surface area contributed by atoms with Gasteiger partial charge in [-0.05, 0) is 20.4 Å². The van der Waals surface area contributed by atoms with E-state index in [2.05, 4.69) is 51.6 Å². The molecule has 2 aromatic rings. The molecule has 0 amide bonds. The summed E-state index contributed by atoms with van der Waals surface area (Å²) in [4.78, 5) is 2.31. The van der Waals surface area contributed by atoms with Crippen molar-refractivity contribution in [1.82, 2.24) is 15.5 Å². The number of aryl methyl sites for hydroxylation is 1. The molecule has 0 saturated heterocycles. The minimum absolute atomic E-state index is 0.948. The van der Waals surface area contributed by atoms with Gasteiger partial charge in [0.15, 0.2) is 5.82 Å². The molecule has 0 atom stereocenters. The Morgan fingerprint density at radius 1 is 1.11 bits per heavy atom. The maximum Gasteiger partial charge on any atom is 0.159 e. The van der Waals surface area contributed by atoms with Crippen LogP contribution in [-0.4, -0.2) is 36.9 Å². The van der Waals surface area contributed by atoms with E-state index in [0.717, 1.165) is 37.6 Å². The Labute approximate surface area is 114 Å². The van der Waals surface area contributed by atoms with Gasteiger partial charge in [-0.2, -0.15) is 5.10 Å². The molecule has 0 fully saturated rings. The highest BCUT2D eigenvalue weighted by Gasteiger charge is 2.12. The minimum Gasteiger partial charge on any atom is -0.353 e. The number of hydrogen-bond donors (Lipinski definition) is 1. The van der Waals surface area contributed by atoms with Crippen molar-refractivity contribution in [3.63, 3.8) is 0 Å². The summed E-state index contributed by atoms with van der Waals surface area (Å²) in [5, 5.41) is 14.3. The molecule has 0 spiro atoms. The highest BCUT2D eigenvalue weighted by molar-refractivity contribution is 5.93. The summed E-state index contributed by atoms with van der Waals surface area (Å²) in [6, 6.07) is 8.37. The van der Waals surface area contributed by atoms with E-state index in [1.54, 1.807) is 0 Å². The number of benzene rings is 1.